The summed E-state index contributed by atoms with van der Waals surface area (Å²) in [4.78, 5) is 0. The minimum atomic E-state index is -3.00. The van der Waals surface area contributed by atoms with Crippen LogP contribution in [0.2, 0.25) is 0 Å². The largest absolute Gasteiger partial charge is 0.318 e. The molecule has 0 bridgehead atoms. The van der Waals surface area contributed by atoms with Crippen molar-refractivity contribution in [2.45, 2.75) is 38.6 Å². The van der Waals surface area contributed by atoms with Crippen LogP contribution < -0.4 is 5.32 Å². The van der Waals surface area contributed by atoms with Gasteiger partial charge in [-0.1, -0.05) is 13.3 Å². The molecule has 1 aliphatic heterocycles. The van der Waals surface area contributed by atoms with Crippen molar-refractivity contribution in [1.29, 1.82) is 0 Å². The van der Waals surface area contributed by atoms with Crippen LogP contribution in [0.15, 0.2) is 0 Å². The molecule has 1 aliphatic rings. The predicted molar refractivity (Wildman–Crippen MR) is 62.3 cm³/mol. The SMILES string of the molecule is CCCCS(=O)(=O)N1CCCC1CNC. The van der Waals surface area contributed by atoms with Gasteiger partial charge in [-0.3, -0.25) is 0 Å². The predicted octanol–water partition coefficient (Wildman–Crippen LogP) is 0.800. The number of sulfonamides is 1. The van der Waals surface area contributed by atoms with Crippen molar-refractivity contribution < 1.29 is 8.42 Å². The maximum Gasteiger partial charge on any atom is 0.214 e. The molecule has 1 unspecified atom stereocenters. The van der Waals surface area contributed by atoms with Crippen LogP contribution in [0.3, 0.4) is 0 Å². The molecule has 4 nitrogen and oxygen atoms in total. The van der Waals surface area contributed by atoms with E-state index in [0.717, 1.165) is 32.2 Å². The number of likely N-dealkylation sites (N-methyl/N-ethyl adjacent to an activating group) is 1. The topological polar surface area (TPSA) is 49.4 Å². The summed E-state index contributed by atoms with van der Waals surface area (Å²) in [7, 11) is -1.13. The van der Waals surface area contributed by atoms with Gasteiger partial charge in [0.1, 0.15) is 0 Å². The molecule has 1 heterocycles. The minimum absolute atomic E-state index is 0.178. The second-order valence-electron chi connectivity index (χ2n) is 4.13. The summed E-state index contributed by atoms with van der Waals surface area (Å²) in [5, 5.41) is 3.06. The lowest BCUT2D eigenvalue weighted by Crippen LogP contribution is -2.41. The van der Waals surface area contributed by atoms with E-state index in [1.807, 2.05) is 14.0 Å². The van der Waals surface area contributed by atoms with E-state index in [1.54, 1.807) is 4.31 Å². The summed E-state index contributed by atoms with van der Waals surface area (Å²) in [6, 6.07) is 0.178. The maximum atomic E-state index is 12.0. The van der Waals surface area contributed by atoms with Crippen LogP contribution in [0, 0.1) is 0 Å². The summed E-state index contributed by atoms with van der Waals surface area (Å²) < 4.78 is 25.6. The molecule has 0 radical (unpaired) electrons. The molecule has 1 atom stereocenters. The van der Waals surface area contributed by atoms with E-state index >= 15 is 0 Å². The molecule has 0 amide bonds. The molecule has 0 saturated carbocycles. The van der Waals surface area contributed by atoms with Crippen molar-refractivity contribution in [3.63, 3.8) is 0 Å². The van der Waals surface area contributed by atoms with E-state index in [-0.39, 0.29) is 6.04 Å². The highest BCUT2D eigenvalue weighted by Gasteiger charge is 2.32. The van der Waals surface area contributed by atoms with Crippen LogP contribution in [-0.2, 0) is 10.0 Å². The van der Waals surface area contributed by atoms with Gasteiger partial charge in [0.25, 0.3) is 0 Å². The zero-order valence-electron chi connectivity index (χ0n) is 9.70. The Bertz CT molecular complexity index is 277. The Morgan fingerprint density at radius 3 is 2.80 bits per heavy atom. The maximum absolute atomic E-state index is 12.0. The second-order valence-corrected chi connectivity index (χ2v) is 6.18. The Morgan fingerprint density at radius 2 is 2.20 bits per heavy atom. The lowest BCUT2D eigenvalue weighted by Gasteiger charge is -2.23. The number of nitrogens with zero attached hydrogens (tertiary/aromatic N) is 1. The van der Waals surface area contributed by atoms with Gasteiger partial charge >= 0.3 is 0 Å². The van der Waals surface area contributed by atoms with Crippen LogP contribution in [0.5, 0.6) is 0 Å². The lowest BCUT2D eigenvalue weighted by molar-refractivity contribution is 0.378. The smallest absolute Gasteiger partial charge is 0.214 e. The number of unbranched alkanes of at least 4 members (excludes halogenated alkanes) is 1. The van der Waals surface area contributed by atoms with Gasteiger partial charge in [0.15, 0.2) is 0 Å². The number of nitrogens with one attached hydrogen (secondary N) is 1. The van der Waals surface area contributed by atoms with Crippen LogP contribution in [0.4, 0.5) is 0 Å². The van der Waals surface area contributed by atoms with Gasteiger partial charge in [-0.25, -0.2) is 8.42 Å². The quantitative estimate of drug-likeness (QED) is 0.739. The first-order valence-electron chi connectivity index (χ1n) is 5.76. The standard InChI is InChI=1S/C10H22N2O2S/c1-3-4-8-15(13,14)12-7-5-6-10(12)9-11-2/h10-11H,3-9H2,1-2H3. The van der Waals surface area contributed by atoms with Crippen LogP contribution >= 0.6 is 0 Å². The highest BCUT2D eigenvalue weighted by Crippen LogP contribution is 2.21. The molecule has 1 saturated heterocycles. The van der Waals surface area contributed by atoms with Crippen molar-refractivity contribution in [1.82, 2.24) is 9.62 Å². The molecule has 0 aromatic heterocycles. The summed E-state index contributed by atoms with van der Waals surface area (Å²) >= 11 is 0. The number of rotatable bonds is 6. The third-order valence-corrected chi connectivity index (χ3v) is 4.88. The highest BCUT2D eigenvalue weighted by atomic mass is 32.2. The van der Waals surface area contributed by atoms with Gasteiger partial charge in [0.05, 0.1) is 5.75 Å². The third kappa shape index (κ3) is 3.43. The Morgan fingerprint density at radius 1 is 1.47 bits per heavy atom. The highest BCUT2D eigenvalue weighted by molar-refractivity contribution is 7.89. The summed E-state index contributed by atoms with van der Waals surface area (Å²) in [6.07, 6.45) is 3.69. The average Bonchev–Trinajstić information content (AvgIpc) is 2.64. The van der Waals surface area contributed by atoms with E-state index in [9.17, 15) is 8.42 Å². The monoisotopic (exact) mass is 234 g/mol. The van der Waals surface area contributed by atoms with E-state index in [4.69, 9.17) is 0 Å². The summed E-state index contributed by atoms with van der Waals surface area (Å²) in [5.41, 5.74) is 0. The van der Waals surface area contributed by atoms with Crippen molar-refractivity contribution >= 4 is 10.0 Å². The third-order valence-electron chi connectivity index (χ3n) is 2.88. The first-order valence-corrected chi connectivity index (χ1v) is 7.37. The van der Waals surface area contributed by atoms with Gasteiger partial charge < -0.3 is 5.32 Å². The van der Waals surface area contributed by atoms with Crippen molar-refractivity contribution in [2.75, 3.05) is 25.9 Å². The molecule has 0 aromatic carbocycles. The van der Waals surface area contributed by atoms with E-state index < -0.39 is 10.0 Å². The fourth-order valence-corrected chi connectivity index (χ4v) is 3.99. The van der Waals surface area contributed by atoms with E-state index in [0.29, 0.717) is 12.3 Å². The van der Waals surface area contributed by atoms with Crippen molar-refractivity contribution in [3.8, 4) is 0 Å². The molecule has 0 aromatic rings. The zero-order chi connectivity index (χ0) is 11.3. The van der Waals surface area contributed by atoms with Crippen molar-refractivity contribution in [3.05, 3.63) is 0 Å². The molecule has 0 aliphatic carbocycles. The van der Waals surface area contributed by atoms with Crippen LogP contribution in [0.25, 0.3) is 0 Å². The minimum Gasteiger partial charge on any atom is -0.318 e. The summed E-state index contributed by atoms with van der Waals surface area (Å²) in [5.74, 6) is 0.309. The van der Waals surface area contributed by atoms with Crippen LogP contribution in [0.1, 0.15) is 32.6 Å². The second kappa shape index (κ2) is 5.82. The fourth-order valence-electron chi connectivity index (χ4n) is 2.06. The first kappa shape index (κ1) is 12.9. The molecular weight excluding hydrogens is 212 g/mol. The molecule has 1 rings (SSSR count). The Kier molecular flexibility index (Phi) is 5.02. The number of hydrogen-bond donors (Lipinski definition) is 1. The Labute approximate surface area is 93.1 Å². The molecular formula is C10H22N2O2S. The normalized spacial score (nSPS) is 23.5. The van der Waals surface area contributed by atoms with E-state index in [1.165, 1.54) is 0 Å². The molecule has 1 fully saturated rings. The fraction of sp³-hybridized carbons (Fsp3) is 1.00. The van der Waals surface area contributed by atoms with Gasteiger partial charge in [-0.05, 0) is 26.3 Å². The van der Waals surface area contributed by atoms with Gasteiger partial charge in [0, 0.05) is 19.1 Å². The molecule has 0 spiro atoms. The van der Waals surface area contributed by atoms with Gasteiger partial charge in [0.2, 0.25) is 10.0 Å². The van der Waals surface area contributed by atoms with Crippen LogP contribution in [-0.4, -0.2) is 44.7 Å². The Balaban J connectivity index is 2.60. The van der Waals surface area contributed by atoms with Gasteiger partial charge in [-0.2, -0.15) is 4.31 Å². The zero-order valence-corrected chi connectivity index (χ0v) is 10.5. The van der Waals surface area contributed by atoms with Crippen molar-refractivity contribution in [2.24, 2.45) is 0 Å². The number of hydrogen-bond acceptors (Lipinski definition) is 3. The summed E-state index contributed by atoms with van der Waals surface area (Å²) in [6.45, 7) is 3.49. The van der Waals surface area contributed by atoms with E-state index in [2.05, 4.69) is 5.32 Å². The molecule has 15 heavy (non-hydrogen) atoms. The molecule has 1 N–H and O–H groups in total. The molecule has 90 valence electrons. The average molecular weight is 234 g/mol. The lowest BCUT2D eigenvalue weighted by atomic mass is 10.2. The Hall–Kier alpha value is -0.130. The first-order chi connectivity index (χ1) is 7.11. The van der Waals surface area contributed by atoms with Gasteiger partial charge in [-0.15, -0.1) is 0 Å². The molecule has 5 heteroatoms.